The van der Waals surface area contributed by atoms with Gasteiger partial charge in [0.25, 0.3) is 5.91 Å². The standard InChI is InChI=1S/C25H25N5O/c1-25(2)15-26-14-17-12-18(7-8-21(17)25)30-24(31)20-4-3-10-28-23(20)29-19-6-5-16-9-11-27-22(16)13-19/h3-13,26-27H,14-15H2,1-2H3,(H,28,29)(H,30,31). The number of carbonyl (C=O) groups excluding carboxylic acids is 1. The van der Waals surface area contributed by atoms with Crippen LogP contribution < -0.4 is 16.0 Å². The zero-order valence-electron chi connectivity index (χ0n) is 17.6. The maximum absolute atomic E-state index is 13.1. The molecule has 5 rings (SSSR count). The second-order valence-electron chi connectivity index (χ2n) is 8.62. The molecule has 0 radical (unpaired) electrons. The first-order valence-corrected chi connectivity index (χ1v) is 10.4. The van der Waals surface area contributed by atoms with Crippen LogP contribution in [0, 0.1) is 0 Å². The van der Waals surface area contributed by atoms with Gasteiger partial charge in [-0.25, -0.2) is 4.98 Å². The minimum absolute atomic E-state index is 0.0802. The van der Waals surface area contributed by atoms with Crippen LogP contribution in [-0.2, 0) is 12.0 Å². The molecule has 1 aliphatic heterocycles. The van der Waals surface area contributed by atoms with E-state index >= 15 is 0 Å². The van der Waals surface area contributed by atoms with Gasteiger partial charge in [-0.2, -0.15) is 0 Å². The molecule has 156 valence electrons. The normalized spacial score (nSPS) is 14.8. The van der Waals surface area contributed by atoms with E-state index in [0.717, 1.165) is 35.4 Å². The van der Waals surface area contributed by atoms with E-state index in [1.54, 1.807) is 18.3 Å². The molecule has 2 aromatic heterocycles. The van der Waals surface area contributed by atoms with Crippen LogP contribution in [0.4, 0.5) is 17.2 Å². The third kappa shape index (κ3) is 3.78. The summed E-state index contributed by atoms with van der Waals surface area (Å²) < 4.78 is 0. The maximum atomic E-state index is 13.1. The Kier molecular flexibility index (Phi) is 4.71. The van der Waals surface area contributed by atoms with Gasteiger partial charge in [0.15, 0.2) is 0 Å². The highest BCUT2D eigenvalue weighted by molar-refractivity contribution is 6.08. The van der Waals surface area contributed by atoms with E-state index in [2.05, 4.69) is 51.9 Å². The van der Waals surface area contributed by atoms with E-state index in [9.17, 15) is 4.79 Å². The van der Waals surface area contributed by atoms with Crippen molar-refractivity contribution in [2.24, 2.45) is 0 Å². The summed E-state index contributed by atoms with van der Waals surface area (Å²) >= 11 is 0. The first-order valence-electron chi connectivity index (χ1n) is 10.4. The average molecular weight is 412 g/mol. The first kappa shape index (κ1) is 19.3. The number of nitrogens with zero attached hydrogens (tertiary/aromatic N) is 1. The monoisotopic (exact) mass is 411 g/mol. The molecule has 4 N–H and O–H groups in total. The number of fused-ring (bicyclic) bond motifs is 2. The molecule has 31 heavy (non-hydrogen) atoms. The quantitative estimate of drug-likeness (QED) is 0.383. The Morgan fingerprint density at radius 1 is 1.06 bits per heavy atom. The fraction of sp³-hybridized carbons (Fsp3) is 0.200. The van der Waals surface area contributed by atoms with Crippen molar-refractivity contribution in [3.05, 3.63) is 83.7 Å². The number of hydrogen-bond acceptors (Lipinski definition) is 4. The van der Waals surface area contributed by atoms with Crippen molar-refractivity contribution in [2.75, 3.05) is 17.2 Å². The van der Waals surface area contributed by atoms with Crippen molar-refractivity contribution in [2.45, 2.75) is 25.8 Å². The molecule has 6 heteroatoms. The van der Waals surface area contributed by atoms with Gasteiger partial charge in [0, 0.05) is 47.8 Å². The Bertz CT molecular complexity index is 1270. The third-order valence-corrected chi connectivity index (χ3v) is 5.84. The van der Waals surface area contributed by atoms with Crippen LogP contribution in [0.25, 0.3) is 10.9 Å². The SMILES string of the molecule is CC1(C)CNCc2cc(NC(=O)c3cccnc3Nc3ccc4cc[nH]c4c3)ccc21. The Hall–Kier alpha value is -3.64. The molecule has 0 atom stereocenters. The summed E-state index contributed by atoms with van der Waals surface area (Å²) in [7, 11) is 0. The number of pyridine rings is 1. The molecular formula is C25H25N5O. The molecule has 3 heterocycles. The number of benzene rings is 2. The van der Waals surface area contributed by atoms with Gasteiger partial charge in [-0.3, -0.25) is 4.79 Å². The number of amides is 1. The van der Waals surface area contributed by atoms with Gasteiger partial charge < -0.3 is 20.9 Å². The predicted octanol–water partition coefficient (Wildman–Crippen LogP) is 4.94. The van der Waals surface area contributed by atoms with Gasteiger partial charge >= 0.3 is 0 Å². The minimum Gasteiger partial charge on any atom is -0.361 e. The minimum atomic E-state index is -0.195. The summed E-state index contributed by atoms with van der Waals surface area (Å²) in [6.45, 7) is 6.22. The van der Waals surface area contributed by atoms with Crippen molar-refractivity contribution in [1.82, 2.24) is 15.3 Å². The highest BCUT2D eigenvalue weighted by Gasteiger charge is 2.27. The number of hydrogen-bond donors (Lipinski definition) is 4. The summed E-state index contributed by atoms with van der Waals surface area (Å²) in [4.78, 5) is 20.7. The molecule has 0 fully saturated rings. The molecule has 2 aromatic carbocycles. The van der Waals surface area contributed by atoms with Crippen molar-refractivity contribution in [1.29, 1.82) is 0 Å². The number of rotatable bonds is 4. The van der Waals surface area contributed by atoms with Crippen molar-refractivity contribution >= 4 is 34.0 Å². The third-order valence-electron chi connectivity index (χ3n) is 5.84. The summed E-state index contributed by atoms with van der Waals surface area (Å²) in [5, 5.41) is 10.9. The summed E-state index contributed by atoms with van der Waals surface area (Å²) in [6.07, 6.45) is 3.59. The van der Waals surface area contributed by atoms with Crippen LogP contribution in [0.5, 0.6) is 0 Å². The van der Waals surface area contributed by atoms with Crippen molar-refractivity contribution < 1.29 is 4.79 Å². The van der Waals surface area contributed by atoms with E-state index in [-0.39, 0.29) is 11.3 Å². The van der Waals surface area contributed by atoms with E-state index in [4.69, 9.17) is 0 Å². The smallest absolute Gasteiger partial charge is 0.259 e. The summed E-state index contributed by atoms with van der Waals surface area (Å²) in [5.41, 5.74) is 5.79. The molecule has 1 amide bonds. The second-order valence-corrected chi connectivity index (χ2v) is 8.62. The molecule has 0 spiro atoms. The highest BCUT2D eigenvalue weighted by atomic mass is 16.1. The molecule has 0 saturated carbocycles. The number of H-pyrrole nitrogens is 1. The van der Waals surface area contributed by atoms with Gasteiger partial charge in [0.05, 0.1) is 5.56 Å². The molecule has 0 aliphatic carbocycles. The lowest BCUT2D eigenvalue weighted by molar-refractivity contribution is 0.102. The van der Waals surface area contributed by atoms with Crippen molar-refractivity contribution in [3.63, 3.8) is 0 Å². The molecule has 0 unspecified atom stereocenters. The number of nitrogens with one attached hydrogen (secondary N) is 4. The van der Waals surface area contributed by atoms with Crippen molar-refractivity contribution in [3.8, 4) is 0 Å². The van der Waals surface area contributed by atoms with Crippen LogP contribution in [-0.4, -0.2) is 22.4 Å². The number of anilines is 3. The number of carbonyl (C=O) groups is 1. The molecule has 0 bridgehead atoms. The average Bonchev–Trinajstić information content (AvgIpc) is 3.21. The van der Waals surface area contributed by atoms with Gasteiger partial charge in [0.1, 0.15) is 5.82 Å². The number of aromatic nitrogens is 2. The maximum Gasteiger partial charge on any atom is 0.259 e. The fourth-order valence-electron chi connectivity index (χ4n) is 4.23. The highest BCUT2D eigenvalue weighted by Crippen LogP contribution is 2.31. The Morgan fingerprint density at radius 2 is 1.94 bits per heavy atom. The van der Waals surface area contributed by atoms with Gasteiger partial charge in [-0.1, -0.05) is 26.0 Å². The van der Waals surface area contributed by atoms with E-state index < -0.39 is 0 Å². The van der Waals surface area contributed by atoms with Crippen LogP contribution in [0.2, 0.25) is 0 Å². The van der Waals surface area contributed by atoms with Gasteiger partial charge in [0.2, 0.25) is 0 Å². The van der Waals surface area contributed by atoms with Gasteiger partial charge in [-0.05, 0) is 59.0 Å². The zero-order valence-corrected chi connectivity index (χ0v) is 17.6. The van der Waals surface area contributed by atoms with E-state index in [1.165, 1.54) is 11.1 Å². The summed E-state index contributed by atoms with van der Waals surface area (Å²) in [5.74, 6) is 0.325. The van der Waals surface area contributed by atoms with Crippen LogP contribution in [0.15, 0.2) is 67.0 Å². The summed E-state index contributed by atoms with van der Waals surface area (Å²) in [6, 6.07) is 17.7. The Morgan fingerprint density at radius 3 is 2.84 bits per heavy atom. The predicted molar refractivity (Wildman–Crippen MR) is 125 cm³/mol. The molecule has 1 aliphatic rings. The van der Waals surface area contributed by atoms with Crippen LogP contribution >= 0.6 is 0 Å². The Labute approximate surface area is 181 Å². The first-order chi connectivity index (χ1) is 15.0. The van der Waals surface area contributed by atoms with E-state index in [0.29, 0.717) is 11.4 Å². The largest absolute Gasteiger partial charge is 0.361 e. The lowest BCUT2D eigenvalue weighted by Crippen LogP contribution is -2.38. The van der Waals surface area contributed by atoms with Gasteiger partial charge in [-0.15, -0.1) is 0 Å². The molecule has 6 nitrogen and oxygen atoms in total. The second kappa shape index (κ2) is 7.56. The topological polar surface area (TPSA) is 81.8 Å². The fourth-order valence-corrected chi connectivity index (χ4v) is 4.23. The number of aromatic amines is 1. The molecule has 0 saturated heterocycles. The molecular weight excluding hydrogens is 386 g/mol. The van der Waals surface area contributed by atoms with E-state index in [1.807, 2.05) is 36.5 Å². The van der Waals surface area contributed by atoms with Crippen LogP contribution in [0.3, 0.4) is 0 Å². The zero-order chi connectivity index (χ0) is 21.4. The lowest BCUT2D eigenvalue weighted by atomic mass is 9.79. The van der Waals surface area contributed by atoms with Crippen LogP contribution in [0.1, 0.15) is 35.3 Å². The Balaban J connectivity index is 1.39. The molecule has 4 aromatic rings. The lowest BCUT2D eigenvalue weighted by Gasteiger charge is -2.33.